The van der Waals surface area contributed by atoms with Crippen molar-refractivity contribution in [2.75, 3.05) is 33.8 Å². The van der Waals surface area contributed by atoms with E-state index in [1.54, 1.807) is 18.0 Å². The van der Waals surface area contributed by atoms with E-state index in [-0.39, 0.29) is 12.5 Å². The Morgan fingerprint density at radius 3 is 2.70 bits per heavy atom. The normalized spacial score (nSPS) is 14.9. The van der Waals surface area contributed by atoms with Crippen molar-refractivity contribution in [2.24, 2.45) is 5.92 Å². The minimum atomic E-state index is -0.628. The number of nitrogens with zero attached hydrogens (tertiary/aromatic N) is 4. The highest BCUT2D eigenvalue weighted by molar-refractivity contribution is 5.93. The first-order valence-electron chi connectivity index (χ1n) is 13.0. The first-order chi connectivity index (χ1) is 17.9. The standard InChI is InChI=1S/C28H37N5O4/c1-18-26(19(2)37-32-18)24-14-25(28(35)33(4)16-20-9-6-5-7-10-20)31-27(30-24)21-11-8-12-23(13-21)36-17-22(34)15-29-3/h8,11-14,20,22,29,34H,5-7,9-10,15-17H2,1-4H3. The van der Waals surface area contributed by atoms with Gasteiger partial charge in [-0.3, -0.25) is 4.79 Å². The Balaban J connectivity index is 1.66. The maximum absolute atomic E-state index is 13.5. The van der Waals surface area contributed by atoms with Crippen LogP contribution in [0.5, 0.6) is 5.75 Å². The highest BCUT2D eigenvalue weighted by Gasteiger charge is 2.23. The SMILES string of the molecule is CNCC(O)COc1cccc(-c2nc(C(=O)N(C)CC3CCCCC3)cc(-c3c(C)noc3C)n2)c1. The van der Waals surface area contributed by atoms with Crippen LogP contribution in [0.3, 0.4) is 0 Å². The molecule has 37 heavy (non-hydrogen) atoms. The summed E-state index contributed by atoms with van der Waals surface area (Å²) in [5, 5.41) is 17.0. The van der Waals surface area contributed by atoms with E-state index in [0.29, 0.717) is 52.4 Å². The summed E-state index contributed by atoms with van der Waals surface area (Å²) in [6.45, 7) is 4.99. The molecular formula is C28H37N5O4. The van der Waals surface area contributed by atoms with Crippen molar-refractivity contribution in [1.82, 2.24) is 25.3 Å². The Morgan fingerprint density at radius 2 is 2.00 bits per heavy atom. The molecule has 1 saturated carbocycles. The van der Waals surface area contributed by atoms with Crippen LogP contribution in [0.1, 0.15) is 54.0 Å². The minimum Gasteiger partial charge on any atom is -0.491 e. The second-order valence-electron chi connectivity index (χ2n) is 9.90. The molecule has 1 aliphatic carbocycles. The summed E-state index contributed by atoms with van der Waals surface area (Å²) in [5.74, 6) is 2.02. The van der Waals surface area contributed by atoms with Crippen molar-refractivity contribution in [3.8, 4) is 28.4 Å². The molecule has 0 bridgehead atoms. The largest absolute Gasteiger partial charge is 0.491 e. The van der Waals surface area contributed by atoms with Crippen molar-refractivity contribution < 1.29 is 19.2 Å². The first-order valence-corrected chi connectivity index (χ1v) is 13.0. The number of hydrogen-bond donors (Lipinski definition) is 2. The van der Waals surface area contributed by atoms with Crippen LogP contribution < -0.4 is 10.1 Å². The van der Waals surface area contributed by atoms with Gasteiger partial charge in [0, 0.05) is 25.7 Å². The molecule has 1 atom stereocenters. The lowest BCUT2D eigenvalue weighted by Gasteiger charge is -2.27. The molecule has 2 N–H and O–H groups in total. The number of aromatic nitrogens is 3. The fraction of sp³-hybridized carbons (Fsp3) is 0.500. The molecule has 0 radical (unpaired) electrons. The van der Waals surface area contributed by atoms with Crippen LogP contribution in [0.4, 0.5) is 0 Å². The molecule has 2 aromatic heterocycles. The van der Waals surface area contributed by atoms with Gasteiger partial charge < -0.3 is 24.6 Å². The predicted molar refractivity (Wildman–Crippen MR) is 141 cm³/mol. The summed E-state index contributed by atoms with van der Waals surface area (Å²) in [5.41, 5.74) is 3.08. The average molecular weight is 508 g/mol. The van der Waals surface area contributed by atoms with E-state index in [1.165, 1.54) is 19.3 Å². The Morgan fingerprint density at radius 1 is 1.22 bits per heavy atom. The third kappa shape index (κ3) is 6.72. The number of benzene rings is 1. The van der Waals surface area contributed by atoms with Crippen LogP contribution in [0, 0.1) is 19.8 Å². The van der Waals surface area contributed by atoms with Crippen molar-refractivity contribution in [3.63, 3.8) is 0 Å². The Bertz CT molecular complexity index is 1190. The molecule has 4 rings (SSSR count). The van der Waals surface area contributed by atoms with Crippen molar-refractivity contribution in [3.05, 3.63) is 47.5 Å². The maximum atomic E-state index is 13.5. The molecule has 0 saturated heterocycles. The van der Waals surface area contributed by atoms with E-state index in [1.807, 2.05) is 45.2 Å². The van der Waals surface area contributed by atoms with Gasteiger partial charge in [-0.2, -0.15) is 0 Å². The van der Waals surface area contributed by atoms with Crippen molar-refractivity contribution >= 4 is 5.91 Å². The lowest BCUT2D eigenvalue weighted by Crippen LogP contribution is -2.33. The molecule has 1 amide bonds. The zero-order valence-electron chi connectivity index (χ0n) is 22.2. The number of carbonyl (C=O) groups is 1. The van der Waals surface area contributed by atoms with E-state index in [9.17, 15) is 9.90 Å². The molecule has 2 heterocycles. The van der Waals surface area contributed by atoms with Gasteiger partial charge in [-0.25, -0.2) is 9.97 Å². The van der Waals surface area contributed by atoms with Crippen LogP contribution >= 0.6 is 0 Å². The van der Waals surface area contributed by atoms with Crippen LogP contribution in [-0.2, 0) is 0 Å². The summed E-state index contributed by atoms with van der Waals surface area (Å²) in [7, 11) is 3.62. The molecule has 0 aliphatic heterocycles. The summed E-state index contributed by atoms with van der Waals surface area (Å²) in [6.07, 6.45) is 5.42. The third-order valence-electron chi connectivity index (χ3n) is 6.81. The molecule has 1 aliphatic rings. The number of ether oxygens (including phenoxy) is 1. The fourth-order valence-electron chi connectivity index (χ4n) is 4.91. The van der Waals surface area contributed by atoms with E-state index >= 15 is 0 Å². The Hall–Kier alpha value is -3.30. The number of carbonyl (C=O) groups excluding carboxylic acids is 1. The highest BCUT2D eigenvalue weighted by Crippen LogP contribution is 2.30. The molecule has 9 nitrogen and oxygen atoms in total. The molecule has 198 valence electrons. The smallest absolute Gasteiger partial charge is 0.272 e. The van der Waals surface area contributed by atoms with Gasteiger partial charge >= 0.3 is 0 Å². The number of aryl methyl sites for hydroxylation is 2. The molecule has 3 aromatic rings. The van der Waals surface area contributed by atoms with E-state index in [0.717, 1.165) is 24.9 Å². The zero-order chi connectivity index (χ0) is 26.4. The number of hydrogen-bond acceptors (Lipinski definition) is 8. The van der Waals surface area contributed by atoms with Crippen LogP contribution in [0.15, 0.2) is 34.9 Å². The lowest BCUT2D eigenvalue weighted by molar-refractivity contribution is 0.0754. The summed E-state index contributed by atoms with van der Waals surface area (Å²) in [6, 6.07) is 9.08. The number of likely N-dealkylation sites (N-methyl/N-ethyl adjacent to an activating group) is 1. The molecule has 1 aromatic carbocycles. The molecule has 1 unspecified atom stereocenters. The van der Waals surface area contributed by atoms with Crippen LogP contribution in [0.2, 0.25) is 0 Å². The number of nitrogens with one attached hydrogen (secondary N) is 1. The average Bonchev–Trinajstić information content (AvgIpc) is 3.25. The number of amides is 1. The van der Waals surface area contributed by atoms with Gasteiger partial charge in [0.05, 0.1) is 17.0 Å². The third-order valence-corrected chi connectivity index (χ3v) is 6.81. The maximum Gasteiger partial charge on any atom is 0.272 e. The quantitative estimate of drug-likeness (QED) is 0.423. The number of rotatable bonds is 10. The minimum absolute atomic E-state index is 0.134. The van der Waals surface area contributed by atoms with Gasteiger partial charge in [0.1, 0.15) is 29.9 Å². The van der Waals surface area contributed by atoms with Crippen LogP contribution in [-0.4, -0.2) is 70.9 Å². The van der Waals surface area contributed by atoms with Gasteiger partial charge in [0.2, 0.25) is 0 Å². The molecular weight excluding hydrogens is 470 g/mol. The molecule has 1 fully saturated rings. The van der Waals surface area contributed by atoms with E-state index in [2.05, 4.69) is 15.5 Å². The van der Waals surface area contributed by atoms with E-state index < -0.39 is 6.10 Å². The summed E-state index contributed by atoms with van der Waals surface area (Å²) in [4.78, 5) is 24.8. The summed E-state index contributed by atoms with van der Waals surface area (Å²) < 4.78 is 11.2. The zero-order valence-corrected chi connectivity index (χ0v) is 22.2. The fourth-order valence-corrected chi connectivity index (χ4v) is 4.91. The van der Waals surface area contributed by atoms with Gasteiger partial charge in [0.25, 0.3) is 5.91 Å². The van der Waals surface area contributed by atoms with Crippen molar-refractivity contribution in [2.45, 2.75) is 52.1 Å². The van der Waals surface area contributed by atoms with E-state index in [4.69, 9.17) is 14.2 Å². The second-order valence-corrected chi connectivity index (χ2v) is 9.90. The van der Waals surface area contributed by atoms with Gasteiger partial charge in [-0.1, -0.05) is 36.6 Å². The topological polar surface area (TPSA) is 114 Å². The summed E-state index contributed by atoms with van der Waals surface area (Å²) >= 11 is 0. The second kappa shape index (κ2) is 12.3. The Labute approximate surface area is 218 Å². The van der Waals surface area contributed by atoms with Crippen LogP contribution in [0.25, 0.3) is 22.6 Å². The molecule has 9 heteroatoms. The first kappa shape index (κ1) is 26.8. The van der Waals surface area contributed by atoms with Gasteiger partial charge in [-0.05, 0) is 57.9 Å². The molecule has 0 spiro atoms. The predicted octanol–water partition coefficient (Wildman–Crippen LogP) is 4.03. The number of aliphatic hydroxyl groups excluding tert-OH is 1. The highest BCUT2D eigenvalue weighted by atomic mass is 16.5. The number of aliphatic hydroxyl groups is 1. The lowest BCUT2D eigenvalue weighted by atomic mass is 9.89. The monoisotopic (exact) mass is 507 g/mol. The van der Waals surface area contributed by atoms with Crippen molar-refractivity contribution in [1.29, 1.82) is 0 Å². The van der Waals surface area contributed by atoms with Gasteiger partial charge in [-0.15, -0.1) is 0 Å². The van der Waals surface area contributed by atoms with Gasteiger partial charge in [0.15, 0.2) is 5.82 Å². The Kier molecular flexibility index (Phi) is 8.89.